The van der Waals surface area contributed by atoms with Gasteiger partial charge in [-0.1, -0.05) is 30.3 Å². The molecule has 1 N–H and O–H groups in total. The Morgan fingerprint density at radius 3 is 2.32 bits per heavy atom. The van der Waals surface area contributed by atoms with Gasteiger partial charge in [-0.2, -0.15) is 0 Å². The fraction of sp³-hybridized carbons (Fsp3) is 0.533. The first-order valence-electron chi connectivity index (χ1n) is 6.58. The summed E-state index contributed by atoms with van der Waals surface area (Å²) < 4.78 is 5.40. The Morgan fingerprint density at radius 2 is 1.84 bits per heavy atom. The molecule has 0 unspecified atom stereocenters. The maximum Gasteiger partial charge on any atom is 0.425 e. The Morgan fingerprint density at radius 1 is 1.26 bits per heavy atom. The summed E-state index contributed by atoms with van der Waals surface area (Å²) in [5.41, 5.74) is 3.67. The van der Waals surface area contributed by atoms with Crippen LogP contribution >= 0.6 is 0 Å². The molecule has 0 heterocycles. The fourth-order valence-electron chi connectivity index (χ4n) is 1.56. The number of ether oxygens (including phenoxy) is 1. The van der Waals surface area contributed by atoms with Crippen molar-refractivity contribution in [2.24, 2.45) is 0 Å². The molecule has 1 aromatic carbocycles. The molecule has 0 radical (unpaired) electrons. The maximum absolute atomic E-state index is 12.1. The van der Waals surface area contributed by atoms with Crippen molar-refractivity contribution in [2.45, 2.75) is 52.8 Å². The summed E-state index contributed by atoms with van der Waals surface area (Å²) in [5, 5.41) is 1.52. The number of nitrogens with zero attached hydrogens (tertiary/aromatic N) is 1. The quantitative estimate of drug-likeness (QED) is 0.848. The molecule has 4 nitrogen and oxygen atoms in total. The second kappa shape index (κ2) is 6.57. The smallest absolute Gasteiger partial charge is 0.425 e. The van der Waals surface area contributed by atoms with E-state index in [4.69, 9.17) is 4.74 Å². The molecule has 0 saturated heterocycles. The highest BCUT2D eigenvalue weighted by Gasteiger charge is 2.22. The van der Waals surface area contributed by atoms with E-state index in [-0.39, 0.29) is 12.1 Å². The number of carbonyl (C=O) groups is 1. The highest BCUT2D eigenvalue weighted by atomic mass is 16.6. The van der Waals surface area contributed by atoms with Crippen LogP contribution in [0.2, 0.25) is 0 Å². The Hall–Kier alpha value is -1.55. The number of hydrogen-bond donors (Lipinski definition) is 1. The van der Waals surface area contributed by atoms with Gasteiger partial charge in [0.2, 0.25) is 0 Å². The Kier molecular flexibility index (Phi) is 5.36. The van der Waals surface area contributed by atoms with Crippen molar-refractivity contribution in [1.82, 2.24) is 10.4 Å². The van der Waals surface area contributed by atoms with Gasteiger partial charge in [0.25, 0.3) is 0 Å². The Labute approximate surface area is 115 Å². The van der Waals surface area contributed by atoms with Crippen molar-refractivity contribution < 1.29 is 9.53 Å². The molecule has 1 aromatic rings. The van der Waals surface area contributed by atoms with Crippen molar-refractivity contribution in [3.8, 4) is 0 Å². The van der Waals surface area contributed by atoms with Crippen LogP contribution in [0, 0.1) is 0 Å². The number of nitrogens with one attached hydrogen (secondary N) is 1. The summed E-state index contributed by atoms with van der Waals surface area (Å²) in [6, 6.07) is 10.0. The molecule has 0 fully saturated rings. The second-order valence-corrected chi connectivity index (χ2v) is 5.84. The van der Waals surface area contributed by atoms with Gasteiger partial charge in [0, 0.05) is 6.04 Å². The van der Waals surface area contributed by atoms with Crippen molar-refractivity contribution >= 4 is 6.09 Å². The first-order chi connectivity index (χ1) is 8.78. The van der Waals surface area contributed by atoms with Gasteiger partial charge >= 0.3 is 6.09 Å². The minimum absolute atomic E-state index is 0.163. The lowest BCUT2D eigenvalue weighted by molar-refractivity contribution is 0.00861. The summed E-state index contributed by atoms with van der Waals surface area (Å²) in [4.78, 5) is 12.1. The van der Waals surface area contributed by atoms with E-state index in [9.17, 15) is 4.79 Å². The summed E-state index contributed by atoms with van der Waals surface area (Å²) in [7, 11) is 0. The van der Waals surface area contributed by atoms with Crippen LogP contribution in [0.25, 0.3) is 0 Å². The van der Waals surface area contributed by atoms with Crippen LogP contribution in [0.4, 0.5) is 4.79 Å². The van der Waals surface area contributed by atoms with Gasteiger partial charge in [-0.05, 0) is 40.2 Å². The zero-order chi connectivity index (χ0) is 14.5. The van der Waals surface area contributed by atoms with Crippen LogP contribution in [0.5, 0.6) is 0 Å². The number of hydrazine groups is 1. The van der Waals surface area contributed by atoms with E-state index in [1.165, 1.54) is 5.01 Å². The average molecular weight is 264 g/mol. The minimum atomic E-state index is -0.495. The standard InChI is InChI=1S/C15H24N2O2/c1-12(2)16-17(14(18)19-15(3,4)5)11-13-9-7-6-8-10-13/h6-10,12,16H,11H2,1-5H3. The number of hydrogen-bond acceptors (Lipinski definition) is 3. The second-order valence-electron chi connectivity index (χ2n) is 5.84. The molecule has 0 aliphatic carbocycles. The van der Waals surface area contributed by atoms with Crippen LogP contribution in [-0.4, -0.2) is 22.7 Å². The molecular weight excluding hydrogens is 240 g/mol. The lowest BCUT2D eigenvalue weighted by atomic mass is 10.2. The largest absolute Gasteiger partial charge is 0.443 e. The van der Waals surface area contributed by atoms with Gasteiger partial charge < -0.3 is 4.74 Å². The molecule has 0 aliphatic rings. The molecule has 0 spiro atoms. The van der Waals surface area contributed by atoms with Crippen LogP contribution in [0.15, 0.2) is 30.3 Å². The van der Waals surface area contributed by atoms with E-state index in [0.29, 0.717) is 6.54 Å². The summed E-state index contributed by atoms with van der Waals surface area (Å²) >= 11 is 0. The van der Waals surface area contributed by atoms with Crippen LogP contribution in [0.1, 0.15) is 40.2 Å². The highest BCUT2D eigenvalue weighted by Crippen LogP contribution is 2.11. The summed E-state index contributed by atoms with van der Waals surface area (Å²) in [5.74, 6) is 0. The van der Waals surface area contributed by atoms with E-state index < -0.39 is 5.60 Å². The molecule has 0 aliphatic heterocycles. The predicted octanol–water partition coefficient (Wildman–Crippen LogP) is 3.34. The highest BCUT2D eigenvalue weighted by molar-refractivity contribution is 5.67. The lowest BCUT2D eigenvalue weighted by Crippen LogP contribution is -2.47. The maximum atomic E-state index is 12.1. The third kappa shape index (κ3) is 6.25. The van der Waals surface area contributed by atoms with Crippen molar-refractivity contribution in [3.63, 3.8) is 0 Å². The van der Waals surface area contributed by atoms with Gasteiger partial charge in [0.1, 0.15) is 5.60 Å². The van der Waals surface area contributed by atoms with Gasteiger partial charge in [0.05, 0.1) is 6.54 Å². The Balaban J connectivity index is 2.74. The number of benzene rings is 1. The van der Waals surface area contributed by atoms with Crippen LogP contribution in [0.3, 0.4) is 0 Å². The molecule has 0 atom stereocenters. The van der Waals surface area contributed by atoms with E-state index in [0.717, 1.165) is 5.56 Å². The number of amides is 1. The minimum Gasteiger partial charge on any atom is -0.443 e. The third-order valence-electron chi connectivity index (χ3n) is 2.21. The van der Waals surface area contributed by atoms with E-state index >= 15 is 0 Å². The topological polar surface area (TPSA) is 41.6 Å². The number of rotatable bonds is 4. The molecule has 4 heteroatoms. The summed E-state index contributed by atoms with van der Waals surface area (Å²) in [6.45, 7) is 10.0. The first kappa shape index (κ1) is 15.5. The molecule has 1 amide bonds. The normalized spacial score (nSPS) is 11.5. The lowest BCUT2D eigenvalue weighted by Gasteiger charge is -2.29. The monoisotopic (exact) mass is 264 g/mol. The van der Waals surface area contributed by atoms with Gasteiger partial charge in [0.15, 0.2) is 0 Å². The molecule has 19 heavy (non-hydrogen) atoms. The van der Waals surface area contributed by atoms with Crippen molar-refractivity contribution in [2.75, 3.05) is 0 Å². The molecule has 1 rings (SSSR count). The third-order valence-corrected chi connectivity index (χ3v) is 2.21. The number of carbonyl (C=O) groups excluding carboxylic acids is 1. The van der Waals surface area contributed by atoms with Crippen molar-refractivity contribution in [1.29, 1.82) is 0 Å². The van der Waals surface area contributed by atoms with Crippen molar-refractivity contribution in [3.05, 3.63) is 35.9 Å². The van der Waals surface area contributed by atoms with E-state index in [1.54, 1.807) is 0 Å². The van der Waals surface area contributed by atoms with Gasteiger partial charge in [-0.25, -0.2) is 15.2 Å². The summed E-state index contributed by atoms with van der Waals surface area (Å²) in [6.07, 6.45) is -0.356. The van der Waals surface area contributed by atoms with Gasteiger partial charge in [-0.3, -0.25) is 0 Å². The van der Waals surface area contributed by atoms with Crippen LogP contribution < -0.4 is 5.43 Å². The zero-order valence-electron chi connectivity index (χ0n) is 12.4. The van der Waals surface area contributed by atoms with Crippen LogP contribution in [-0.2, 0) is 11.3 Å². The van der Waals surface area contributed by atoms with Gasteiger partial charge in [-0.15, -0.1) is 0 Å². The Bertz CT molecular complexity index is 396. The van der Waals surface area contributed by atoms with E-state index in [2.05, 4.69) is 5.43 Å². The first-order valence-corrected chi connectivity index (χ1v) is 6.58. The molecular formula is C15H24N2O2. The SMILES string of the molecule is CC(C)NN(Cc1ccccc1)C(=O)OC(C)(C)C. The molecule has 0 bridgehead atoms. The average Bonchev–Trinajstić information content (AvgIpc) is 2.26. The molecule has 106 valence electrons. The molecule has 0 aromatic heterocycles. The fourth-order valence-corrected chi connectivity index (χ4v) is 1.56. The molecule has 0 saturated carbocycles. The predicted molar refractivity (Wildman–Crippen MR) is 76.5 cm³/mol. The van der Waals surface area contributed by atoms with E-state index in [1.807, 2.05) is 65.0 Å². The zero-order valence-corrected chi connectivity index (χ0v) is 12.4.